The predicted molar refractivity (Wildman–Crippen MR) is 91.3 cm³/mol. The largest absolute Gasteiger partial charge is 0.459 e. The van der Waals surface area contributed by atoms with E-state index in [-0.39, 0.29) is 6.61 Å². The van der Waals surface area contributed by atoms with Crippen molar-refractivity contribution in [1.29, 1.82) is 0 Å². The van der Waals surface area contributed by atoms with E-state index in [1.807, 2.05) is 43.3 Å². The second kappa shape index (κ2) is 7.51. The van der Waals surface area contributed by atoms with Gasteiger partial charge in [0.2, 0.25) is 0 Å². The summed E-state index contributed by atoms with van der Waals surface area (Å²) in [5, 5.41) is 0. The molecule has 1 amide bonds. The minimum absolute atomic E-state index is 0.198. The Morgan fingerprint density at radius 2 is 1.92 bits per heavy atom. The number of amides is 1. The number of hydrogen-bond donors (Lipinski definition) is 0. The van der Waals surface area contributed by atoms with Crippen molar-refractivity contribution < 1.29 is 19.1 Å². The summed E-state index contributed by atoms with van der Waals surface area (Å²) < 4.78 is 10.8. The van der Waals surface area contributed by atoms with Crippen molar-refractivity contribution in [3.05, 3.63) is 47.5 Å². The third-order valence-corrected chi connectivity index (χ3v) is 3.74. The van der Waals surface area contributed by atoms with Crippen LogP contribution >= 0.6 is 0 Å². The van der Waals surface area contributed by atoms with Crippen molar-refractivity contribution in [3.8, 4) is 0 Å². The van der Waals surface area contributed by atoms with Crippen LogP contribution in [0.1, 0.15) is 39.7 Å². The van der Waals surface area contributed by atoms with Gasteiger partial charge in [0.05, 0.1) is 0 Å². The Hall–Kier alpha value is -2.30. The van der Waals surface area contributed by atoms with Gasteiger partial charge in [-0.2, -0.15) is 0 Å². The van der Waals surface area contributed by atoms with E-state index in [2.05, 4.69) is 0 Å². The van der Waals surface area contributed by atoms with Crippen LogP contribution in [0.5, 0.6) is 0 Å². The highest BCUT2D eigenvalue weighted by Crippen LogP contribution is 2.26. The molecule has 1 fully saturated rings. The predicted octanol–water partition coefficient (Wildman–Crippen LogP) is 3.69. The highest BCUT2D eigenvalue weighted by molar-refractivity contribution is 5.83. The Morgan fingerprint density at radius 3 is 2.50 bits per heavy atom. The van der Waals surface area contributed by atoms with Gasteiger partial charge < -0.3 is 9.47 Å². The number of esters is 1. The average molecular weight is 331 g/mol. The molecule has 1 saturated heterocycles. The highest BCUT2D eigenvalue weighted by atomic mass is 16.6. The Kier molecular flexibility index (Phi) is 5.65. The molecule has 130 valence electrons. The molecule has 0 spiro atoms. The summed E-state index contributed by atoms with van der Waals surface area (Å²) in [4.78, 5) is 26.3. The molecular weight excluding hydrogens is 306 g/mol. The molecule has 1 aromatic rings. The SMILES string of the molecule is CC=C1CC(C(=O)OCc2ccccc2)N(C(=O)OC(C)(C)C)C1. The molecule has 2 rings (SSSR count). The maximum atomic E-state index is 12.5. The van der Waals surface area contributed by atoms with Gasteiger partial charge in [-0.25, -0.2) is 9.59 Å². The number of carbonyl (C=O) groups excluding carboxylic acids is 2. The standard InChI is InChI=1S/C19H25NO4/c1-5-14-11-16(20(12-14)18(22)24-19(2,3)4)17(21)23-13-15-9-7-6-8-10-15/h5-10,16H,11-13H2,1-4H3. The lowest BCUT2D eigenvalue weighted by Crippen LogP contribution is -2.44. The van der Waals surface area contributed by atoms with E-state index >= 15 is 0 Å². The third kappa shape index (κ3) is 4.85. The van der Waals surface area contributed by atoms with Crippen LogP contribution in [0.15, 0.2) is 42.0 Å². The lowest BCUT2D eigenvalue weighted by molar-refractivity contribution is -0.150. The molecule has 5 nitrogen and oxygen atoms in total. The molecule has 0 aliphatic carbocycles. The maximum Gasteiger partial charge on any atom is 0.411 e. The highest BCUT2D eigenvalue weighted by Gasteiger charge is 2.39. The van der Waals surface area contributed by atoms with Crippen molar-refractivity contribution in [1.82, 2.24) is 4.90 Å². The van der Waals surface area contributed by atoms with E-state index in [1.54, 1.807) is 20.8 Å². The minimum atomic E-state index is -0.630. The van der Waals surface area contributed by atoms with Crippen molar-refractivity contribution in [2.75, 3.05) is 6.54 Å². The van der Waals surface area contributed by atoms with E-state index in [9.17, 15) is 9.59 Å². The second-order valence-corrected chi connectivity index (χ2v) is 6.87. The zero-order chi connectivity index (χ0) is 17.7. The Labute approximate surface area is 143 Å². The van der Waals surface area contributed by atoms with Crippen LogP contribution in [0.25, 0.3) is 0 Å². The number of rotatable bonds is 3. The molecule has 24 heavy (non-hydrogen) atoms. The fraction of sp³-hybridized carbons (Fsp3) is 0.474. The summed E-state index contributed by atoms with van der Waals surface area (Å²) in [5.41, 5.74) is 1.34. The zero-order valence-corrected chi connectivity index (χ0v) is 14.7. The fourth-order valence-corrected chi connectivity index (χ4v) is 2.51. The zero-order valence-electron chi connectivity index (χ0n) is 14.7. The first-order valence-electron chi connectivity index (χ1n) is 8.14. The monoisotopic (exact) mass is 331 g/mol. The molecule has 0 aromatic heterocycles. The minimum Gasteiger partial charge on any atom is -0.459 e. The van der Waals surface area contributed by atoms with E-state index < -0.39 is 23.7 Å². The van der Waals surface area contributed by atoms with Gasteiger partial charge in [-0.1, -0.05) is 42.0 Å². The molecule has 1 aromatic carbocycles. The van der Waals surface area contributed by atoms with Crippen LogP contribution in [0.4, 0.5) is 4.79 Å². The molecule has 1 aliphatic heterocycles. The van der Waals surface area contributed by atoms with Gasteiger partial charge in [-0.3, -0.25) is 4.90 Å². The van der Waals surface area contributed by atoms with Gasteiger partial charge in [0, 0.05) is 13.0 Å². The number of carbonyl (C=O) groups is 2. The summed E-state index contributed by atoms with van der Waals surface area (Å²) in [7, 11) is 0. The fourth-order valence-electron chi connectivity index (χ4n) is 2.51. The van der Waals surface area contributed by atoms with Crippen LogP contribution in [-0.4, -0.2) is 35.2 Å². The van der Waals surface area contributed by atoms with Crippen LogP contribution in [0.3, 0.4) is 0 Å². The van der Waals surface area contributed by atoms with Crippen LogP contribution in [0, 0.1) is 0 Å². The first-order valence-corrected chi connectivity index (χ1v) is 8.14. The van der Waals surface area contributed by atoms with E-state index in [0.29, 0.717) is 13.0 Å². The average Bonchev–Trinajstić information content (AvgIpc) is 2.96. The van der Waals surface area contributed by atoms with Crippen molar-refractivity contribution in [2.45, 2.75) is 52.4 Å². The molecule has 0 radical (unpaired) electrons. The molecule has 1 unspecified atom stereocenters. The van der Waals surface area contributed by atoms with Gasteiger partial charge in [-0.05, 0) is 33.3 Å². The van der Waals surface area contributed by atoms with Crippen LogP contribution in [-0.2, 0) is 20.9 Å². The lowest BCUT2D eigenvalue weighted by atomic mass is 10.1. The number of ether oxygens (including phenoxy) is 2. The molecule has 1 heterocycles. The quantitative estimate of drug-likeness (QED) is 0.626. The van der Waals surface area contributed by atoms with Gasteiger partial charge in [0.25, 0.3) is 0 Å². The summed E-state index contributed by atoms with van der Waals surface area (Å²) in [5.74, 6) is -0.401. The summed E-state index contributed by atoms with van der Waals surface area (Å²) in [6.45, 7) is 7.92. The third-order valence-electron chi connectivity index (χ3n) is 3.74. The number of benzene rings is 1. The van der Waals surface area contributed by atoms with Gasteiger partial charge >= 0.3 is 12.1 Å². The molecule has 0 N–H and O–H groups in total. The van der Waals surface area contributed by atoms with Gasteiger partial charge in [0.1, 0.15) is 18.2 Å². The van der Waals surface area contributed by atoms with Crippen LogP contribution < -0.4 is 0 Å². The normalized spacial score (nSPS) is 19.4. The number of allylic oxidation sites excluding steroid dienone is 1. The Morgan fingerprint density at radius 1 is 1.25 bits per heavy atom. The second-order valence-electron chi connectivity index (χ2n) is 6.87. The molecule has 0 bridgehead atoms. The summed E-state index contributed by atoms with van der Waals surface area (Å²) in [6, 6.07) is 8.85. The Balaban J connectivity index is 2.04. The van der Waals surface area contributed by atoms with Gasteiger partial charge in [-0.15, -0.1) is 0 Å². The summed E-state index contributed by atoms with van der Waals surface area (Å²) in [6.07, 6.45) is 1.94. The molecule has 1 aliphatic rings. The first-order chi connectivity index (χ1) is 11.3. The molecule has 1 atom stereocenters. The first kappa shape index (κ1) is 18.0. The van der Waals surface area contributed by atoms with E-state index in [0.717, 1.165) is 11.1 Å². The summed E-state index contributed by atoms with van der Waals surface area (Å²) >= 11 is 0. The molecule has 0 saturated carbocycles. The molecular formula is C19H25NO4. The maximum absolute atomic E-state index is 12.5. The topological polar surface area (TPSA) is 55.8 Å². The Bertz CT molecular complexity index is 616. The van der Waals surface area contributed by atoms with Crippen molar-refractivity contribution in [2.24, 2.45) is 0 Å². The van der Waals surface area contributed by atoms with Gasteiger partial charge in [0.15, 0.2) is 0 Å². The van der Waals surface area contributed by atoms with Crippen molar-refractivity contribution in [3.63, 3.8) is 0 Å². The van der Waals surface area contributed by atoms with E-state index in [4.69, 9.17) is 9.47 Å². The number of hydrogen-bond acceptors (Lipinski definition) is 4. The molecule has 5 heteroatoms. The van der Waals surface area contributed by atoms with E-state index in [1.165, 1.54) is 4.90 Å². The number of likely N-dealkylation sites (tertiary alicyclic amines) is 1. The van der Waals surface area contributed by atoms with Crippen molar-refractivity contribution >= 4 is 12.1 Å². The van der Waals surface area contributed by atoms with Crippen LogP contribution in [0.2, 0.25) is 0 Å². The number of nitrogens with zero attached hydrogens (tertiary/aromatic N) is 1. The lowest BCUT2D eigenvalue weighted by Gasteiger charge is -2.27. The smallest absolute Gasteiger partial charge is 0.411 e.